The van der Waals surface area contributed by atoms with E-state index in [0.717, 1.165) is 31.4 Å². The van der Waals surface area contributed by atoms with Gasteiger partial charge >= 0.3 is 6.61 Å². The number of alkyl halides is 2. The van der Waals surface area contributed by atoms with Gasteiger partial charge in [0.25, 0.3) is 0 Å². The lowest BCUT2D eigenvalue weighted by Gasteiger charge is -2.27. The summed E-state index contributed by atoms with van der Waals surface area (Å²) in [6.45, 7) is -2.04. The Morgan fingerprint density at radius 2 is 2.00 bits per heavy atom. The summed E-state index contributed by atoms with van der Waals surface area (Å²) in [7, 11) is 0. The number of hydrogen-bond donors (Lipinski definition) is 2. The third-order valence-electron chi connectivity index (χ3n) is 3.46. The van der Waals surface area contributed by atoms with E-state index in [4.69, 9.17) is 5.73 Å². The predicted molar refractivity (Wildman–Crippen MR) is 70.1 cm³/mol. The third kappa shape index (κ3) is 4.76. The minimum absolute atomic E-state index is 0.193. The molecule has 0 aromatic heterocycles. The highest BCUT2D eigenvalue weighted by molar-refractivity contribution is 5.27. The maximum Gasteiger partial charge on any atom is 0.387 e. The molecule has 106 valence electrons. The van der Waals surface area contributed by atoms with Gasteiger partial charge in [-0.3, -0.25) is 0 Å². The highest BCUT2D eigenvalue weighted by Crippen LogP contribution is 2.18. The van der Waals surface area contributed by atoms with E-state index in [1.165, 1.54) is 6.42 Å². The molecule has 19 heavy (non-hydrogen) atoms. The summed E-state index contributed by atoms with van der Waals surface area (Å²) in [5, 5.41) is 3.46. The SMILES string of the molecule is NC1CCCC(NCc2ccc(OC(F)F)cc2)C1. The average molecular weight is 270 g/mol. The molecule has 0 spiro atoms. The zero-order valence-corrected chi connectivity index (χ0v) is 10.8. The van der Waals surface area contributed by atoms with E-state index in [1.807, 2.05) is 0 Å². The van der Waals surface area contributed by atoms with Gasteiger partial charge in [-0.25, -0.2) is 0 Å². The molecule has 1 aromatic rings. The molecule has 1 aliphatic rings. The monoisotopic (exact) mass is 270 g/mol. The zero-order valence-electron chi connectivity index (χ0n) is 10.8. The van der Waals surface area contributed by atoms with Crippen molar-refractivity contribution >= 4 is 0 Å². The van der Waals surface area contributed by atoms with E-state index >= 15 is 0 Å². The second-order valence-corrected chi connectivity index (χ2v) is 5.03. The van der Waals surface area contributed by atoms with E-state index in [9.17, 15) is 8.78 Å². The number of ether oxygens (including phenoxy) is 1. The van der Waals surface area contributed by atoms with Crippen molar-refractivity contribution in [2.75, 3.05) is 0 Å². The van der Waals surface area contributed by atoms with Gasteiger partial charge in [-0.2, -0.15) is 8.78 Å². The van der Waals surface area contributed by atoms with Crippen molar-refractivity contribution in [1.82, 2.24) is 5.32 Å². The number of hydrogen-bond acceptors (Lipinski definition) is 3. The first-order chi connectivity index (χ1) is 9.13. The summed E-state index contributed by atoms with van der Waals surface area (Å²) in [6.07, 6.45) is 4.44. The Morgan fingerprint density at radius 1 is 1.26 bits per heavy atom. The molecule has 3 N–H and O–H groups in total. The molecule has 5 heteroatoms. The molecule has 3 nitrogen and oxygen atoms in total. The number of benzene rings is 1. The van der Waals surface area contributed by atoms with E-state index < -0.39 is 6.61 Å². The van der Waals surface area contributed by atoms with E-state index in [0.29, 0.717) is 12.1 Å². The van der Waals surface area contributed by atoms with Gasteiger partial charge in [0.2, 0.25) is 0 Å². The first-order valence-corrected chi connectivity index (χ1v) is 6.66. The highest BCUT2D eigenvalue weighted by atomic mass is 19.3. The molecule has 0 aliphatic heterocycles. The van der Waals surface area contributed by atoms with Gasteiger partial charge in [0.05, 0.1) is 0 Å². The fraction of sp³-hybridized carbons (Fsp3) is 0.571. The van der Waals surface area contributed by atoms with Crippen LogP contribution < -0.4 is 15.8 Å². The molecular weight excluding hydrogens is 250 g/mol. The second-order valence-electron chi connectivity index (χ2n) is 5.03. The molecule has 0 amide bonds. The standard InChI is InChI=1S/C14H20F2N2O/c15-14(16)19-13-6-4-10(5-7-13)9-18-12-3-1-2-11(17)8-12/h4-7,11-12,14,18H,1-3,8-9,17H2. The molecule has 1 aliphatic carbocycles. The van der Waals surface area contributed by atoms with Crippen molar-refractivity contribution in [2.45, 2.75) is 50.9 Å². The molecule has 2 atom stereocenters. The summed E-state index contributed by atoms with van der Waals surface area (Å²) in [5.41, 5.74) is 6.99. The molecule has 0 bridgehead atoms. The van der Waals surface area contributed by atoms with Crippen molar-refractivity contribution in [3.05, 3.63) is 29.8 Å². The second kappa shape index (κ2) is 6.82. The molecule has 2 rings (SSSR count). The van der Waals surface area contributed by atoms with Crippen molar-refractivity contribution in [1.29, 1.82) is 0 Å². The Balaban J connectivity index is 1.79. The van der Waals surface area contributed by atoms with Crippen LogP contribution in [0.2, 0.25) is 0 Å². The highest BCUT2D eigenvalue weighted by Gasteiger charge is 2.18. The Kier molecular flexibility index (Phi) is 5.10. The summed E-state index contributed by atoms with van der Waals surface area (Å²) in [6, 6.07) is 7.49. The lowest BCUT2D eigenvalue weighted by Crippen LogP contribution is -2.39. The largest absolute Gasteiger partial charge is 0.435 e. The minimum atomic E-state index is -2.77. The average Bonchev–Trinajstić information content (AvgIpc) is 2.37. The Bertz CT molecular complexity index is 384. The number of nitrogens with two attached hydrogens (primary N) is 1. The van der Waals surface area contributed by atoms with Crippen LogP contribution in [0.15, 0.2) is 24.3 Å². The first kappa shape index (κ1) is 14.2. The van der Waals surface area contributed by atoms with Crippen LogP contribution in [0.5, 0.6) is 5.75 Å². The minimum Gasteiger partial charge on any atom is -0.435 e. The maximum absolute atomic E-state index is 12.0. The van der Waals surface area contributed by atoms with Crippen molar-refractivity contribution in [3.63, 3.8) is 0 Å². The van der Waals surface area contributed by atoms with Gasteiger partial charge < -0.3 is 15.8 Å². The number of nitrogens with one attached hydrogen (secondary N) is 1. The molecule has 1 aromatic carbocycles. The summed E-state index contributed by atoms with van der Waals surface area (Å²) in [4.78, 5) is 0. The lowest BCUT2D eigenvalue weighted by atomic mass is 9.91. The van der Waals surface area contributed by atoms with E-state index in [2.05, 4.69) is 10.1 Å². The van der Waals surface area contributed by atoms with Gasteiger partial charge in [-0.15, -0.1) is 0 Å². The lowest BCUT2D eigenvalue weighted by molar-refractivity contribution is -0.0498. The quantitative estimate of drug-likeness (QED) is 0.864. The molecule has 2 unspecified atom stereocenters. The summed E-state index contributed by atoms with van der Waals surface area (Å²) >= 11 is 0. The third-order valence-corrected chi connectivity index (χ3v) is 3.46. The van der Waals surface area contributed by atoms with E-state index in [1.54, 1.807) is 24.3 Å². The molecule has 1 fully saturated rings. The van der Waals surface area contributed by atoms with Crippen LogP contribution in [0.25, 0.3) is 0 Å². The van der Waals surface area contributed by atoms with Crippen LogP contribution >= 0.6 is 0 Å². The molecular formula is C14H20F2N2O. The molecule has 1 saturated carbocycles. The van der Waals surface area contributed by atoms with Gasteiger partial charge in [-0.05, 0) is 37.0 Å². The van der Waals surface area contributed by atoms with Gasteiger partial charge in [0, 0.05) is 18.6 Å². The molecule has 0 saturated heterocycles. The zero-order chi connectivity index (χ0) is 13.7. The van der Waals surface area contributed by atoms with Gasteiger partial charge in [0.1, 0.15) is 5.75 Å². The molecule has 0 heterocycles. The Labute approximate surface area is 112 Å². The van der Waals surface area contributed by atoms with Crippen LogP contribution in [0.1, 0.15) is 31.2 Å². The maximum atomic E-state index is 12.0. The molecule has 0 radical (unpaired) electrons. The smallest absolute Gasteiger partial charge is 0.387 e. The Morgan fingerprint density at radius 3 is 2.63 bits per heavy atom. The van der Waals surface area contributed by atoms with Crippen LogP contribution in [0.4, 0.5) is 8.78 Å². The predicted octanol–water partition coefficient (Wildman–Crippen LogP) is 2.65. The van der Waals surface area contributed by atoms with E-state index in [-0.39, 0.29) is 5.75 Å². The van der Waals surface area contributed by atoms with Crippen molar-refractivity contribution < 1.29 is 13.5 Å². The van der Waals surface area contributed by atoms with Gasteiger partial charge in [0.15, 0.2) is 0 Å². The van der Waals surface area contributed by atoms with Crippen LogP contribution in [0, 0.1) is 0 Å². The van der Waals surface area contributed by atoms with Crippen LogP contribution in [0.3, 0.4) is 0 Å². The van der Waals surface area contributed by atoms with Crippen LogP contribution in [-0.2, 0) is 6.54 Å². The van der Waals surface area contributed by atoms with Crippen LogP contribution in [-0.4, -0.2) is 18.7 Å². The Hall–Kier alpha value is -1.20. The summed E-state index contributed by atoms with van der Waals surface area (Å²) in [5.74, 6) is 0.193. The fourth-order valence-corrected chi connectivity index (χ4v) is 2.46. The number of halogens is 2. The normalized spacial score (nSPS) is 23.6. The number of rotatable bonds is 5. The van der Waals surface area contributed by atoms with Crippen molar-refractivity contribution in [3.8, 4) is 5.75 Å². The van der Waals surface area contributed by atoms with Gasteiger partial charge in [-0.1, -0.05) is 18.6 Å². The topological polar surface area (TPSA) is 47.3 Å². The van der Waals surface area contributed by atoms with Crippen molar-refractivity contribution in [2.24, 2.45) is 5.73 Å². The fourth-order valence-electron chi connectivity index (χ4n) is 2.46. The summed E-state index contributed by atoms with van der Waals surface area (Å²) < 4.78 is 28.3. The first-order valence-electron chi connectivity index (χ1n) is 6.66.